The molecule has 2 amide bonds. The number of carbonyl (C=O) groups excluding carboxylic acids is 2. The Morgan fingerprint density at radius 2 is 1.93 bits per heavy atom. The fourth-order valence-electron chi connectivity index (χ4n) is 2.97. The number of hydrogen-bond acceptors (Lipinski definition) is 3. The number of nitrogens with zero attached hydrogens (tertiary/aromatic N) is 2. The lowest BCUT2D eigenvalue weighted by molar-refractivity contribution is -0.141. The van der Waals surface area contributed by atoms with Crippen LogP contribution in [0, 0.1) is 0 Å². The number of pyridine rings is 1. The first kappa shape index (κ1) is 18.9. The van der Waals surface area contributed by atoms with Crippen LogP contribution in [-0.2, 0) is 11.0 Å². The number of rotatable bonds is 5. The van der Waals surface area contributed by atoms with Gasteiger partial charge in [-0.15, -0.1) is 0 Å². The van der Waals surface area contributed by atoms with Crippen LogP contribution >= 0.6 is 0 Å². The van der Waals surface area contributed by atoms with E-state index in [0.29, 0.717) is 19.5 Å². The third-order valence-electron chi connectivity index (χ3n) is 4.40. The zero-order valence-electron chi connectivity index (χ0n) is 14.4. The van der Waals surface area contributed by atoms with Crippen molar-refractivity contribution in [3.8, 4) is 0 Å². The van der Waals surface area contributed by atoms with Crippen molar-refractivity contribution in [3.05, 3.63) is 65.5 Å². The zero-order chi connectivity index (χ0) is 19.4. The van der Waals surface area contributed by atoms with Crippen molar-refractivity contribution in [1.29, 1.82) is 0 Å². The van der Waals surface area contributed by atoms with E-state index < -0.39 is 23.8 Å². The smallest absolute Gasteiger partial charge is 0.343 e. The minimum Gasteiger partial charge on any atom is -0.343 e. The van der Waals surface area contributed by atoms with Crippen molar-refractivity contribution in [2.45, 2.75) is 25.1 Å². The number of alkyl halides is 3. The van der Waals surface area contributed by atoms with Crippen LogP contribution in [0.4, 0.5) is 13.2 Å². The Labute approximate surface area is 154 Å². The lowest BCUT2D eigenvalue weighted by atomic mass is 10.1. The Kier molecular flexibility index (Phi) is 5.43. The standard InChI is InChI=1S/C19H18F3N3O2/c20-19(21,22)16-9-8-14(11-23-16)18(27)24-15(13-5-2-1-3-6-13)12-25-10-4-7-17(25)26/h1-3,5-6,8-9,11,15H,4,7,10,12H2,(H,24,27)/t15-/m1/s1. The van der Waals surface area contributed by atoms with E-state index in [9.17, 15) is 22.8 Å². The van der Waals surface area contributed by atoms with Gasteiger partial charge in [-0.1, -0.05) is 30.3 Å². The van der Waals surface area contributed by atoms with Gasteiger partial charge < -0.3 is 10.2 Å². The second-order valence-corrected chi connectivity index (χ2v) is 6.31. The van der Waals surface area contributed by atoms with Crippen molar-refractivity contribution in [2.24, 2.45) is 0 Å². The molecule has 142 valence electrons. The van der Waals surface area contributed by atoms with Crippen LogP contribution in [0.2, 0.25) is 0 Å². The molecule has 3 rings (SSSR count). The highest BCUT2D eigenvalue weighted by Gasteiger charge is 2.32. The minimum absolute atomic E-state index is 0.0247. The summed E-state index contributed by atoms with van der Waals surface area (Å²) in [5.74, 6) is -0.516. The molecule has 0 saturated carbocycles. The van der Waals surface area contributed by atoms with Crippen LogP contribution in [0.1, 0.15) is 40.5 Å². The molecule has 0 radical (unpaired) electrons. The molecule has 0 unspecified atom stereocenters. The van der Waals surface area contributed by atoms with Gasteiger partial charge in [0.25, 0.3) is 5.91 Å². The molecule has 1 aliphatic rings. The van der Waals surface area contributed by atoms with Crippen LogP contribution in [-0.4, -0.2) is 34.8 Å². The van der Waals surface area contributed by atoms with E-state index in [0.717, 1.165) is 30.3 Å². The van der Waals surface area contributed by atoms with Gasteiger partial charge in [0.1, 0.15) is 5.69 Å². The Morgan fingerprint density at radius 1 is 1.19 bits per heavy atom. The second kappa shape index (κ2) is 7.77. The predicted octanol–water partition coefficient (Wildman–Crippen LogP) is 3.19. The first-order valence-corrected chi connectivity index (χ1v) is 8.51. The van der Waals surface area contributed by atoms with Crippen LogP contribution in [0.3, 0.4) is 0 Å². The average Bonchev–Trinajstić information content (AvgIpc) is 3.06. The summed E-state index contributed by atoms with van der Waals surface area (Å²) in [5.41, 5.74) is -0.219. The zero-order valence-corrected chi connectivity index (χ0v) is 14.4. The van der Waals surface area contributed by atoms with E-state index in [1.165, 1.54) is 0 Å². The highest BCUT2D eigenvalue weighted by Crippen LogP contribution is 2.27. The summed E-state index contributed by atoms with van der Waals surface area (Å²) in [7, 11) is 0. The van der Waals surface area contributed by atoms with Crippen LogP contribution in [0.15, 0.2) is 48.7 Å². The largest absolute Gasteiger partial charge is 0.433 e. The summed E-state index contributed by atoms with van der Waals surface area (Å²) < 4.78 is 37.8. The van der Waals surface area contributed by atoms with E-state index in [1.807, 2.05) is 30.3 Å². The Balaban J connectivity index is 1.76. The maximum atomic E-state index is 12.6. The lowest BCUT2D eigenvalue weighted by Crippen LogP contribution is -2.38. The Hall–Kier alpha value is -2.90. The number of benzene rings is 1. The maximum absolute atomic E-state index is 12.6. The van der Waals surface area contributed by atoms with E-state index in [1.54, 1.807) is 4.90 Å². The third-order valence-corrected chi connectivity index (χ3v) is 4.40. The molecular formula is C19H18F3N3O2. The molecule has 0 aliphatic carbocycles. The molecule has 1 atom stereocenters. The van der Waals surface area contributed by atoms with Gasteiger partial charge in [0.2, 0.25) is 5.91 Å². The van der Waals surface area contributed by atoms with Gasteiger partial charge in [0.15, 0.2) is 0 Å². The summed E-state index contributed by atoms with van der Waals surface area (Å²) >= 11 is 0. The van der Waals surface area contributed by atoms with Crippen LogP contribution in [0.5, 0.6) is 0 Å². The number of nitrogens with one attached hydrogen (secondary N) is 1. The van der Waals surface area contributed by atoms with Gasteiger partial charge in [-0.2, -0.15) is 13.2 Å². The van der Waals surface area contributed by atoms with Gasteiger partial charge in [-0.25, -0.2) is 0 Å². The SMILES string of the molecule is O=C(N[C@H](CN1CCCC1=O)c1ccccc1)c1ccc(C(F)(F)F)nc1. The maximum Gasteiger partial charge on any atom is 0.433 e. The first-order valence-electron chi connectivity index (χ1n) is 8.51. The number of hydrogen-bond donors (Lipinski definition) is 1. The highest BCUT2D eigenvalue weighted by molar-refractivity contribution is 5.94. The van der Waals surface area contributed by atoms with Gasteiger partial charge in [-0.3, -0.25) is 14.6 Å². The minimum atomic E-state index is -4.56. The number of aromatic nitrogens is 1. The quantitative estimate of drug-likeness (QED) is 0.871. The predicted molar refractivity (Wildman–Crippen MR) is 91.7 cm³/mol. The normalized spacial score (nSPS) is 15.7. The molecule has 1 aliphatic heterocycles. The lowest BCUT2D eigenvalue weighted by Gasteiger charge is -2.25. The molecule has 27 heavy (non-hydrogen) atoms. The van der Waals surface area contributed by atoms with Gasteiger partial charge in [0, 0.05) is 25.7 Å². The van der Waals surface area contributed by atoms with Crippen molar-refractivity contribution in [2.75, 3.05) is 13.1 Å². The highest BCUT2D eigenvalue weighted by atomic mass is 19.4. The fourth-order valence-corrected chi connectivity index (χ4v) is 2.97. The van der Waals surface area contributed by atoms with Crippen molar-refractivity contribution in [1.82, 2.24) is 15.2 Å². The van der Waals surface area contributed by atoms with E-state index >= 15 is 0 Å². The Bertz CT molecular complexity index is 807. The van der Waals surface area contributed by atoms with Crippen molar-refractivity contribution < 1.29 is 22.8 Å². The van der Waals surface area contributed by atoms with Crippen molar-refractivity contribution >= 4 is 11.8 Å². The van der Waals surface area contributed by atoms with Crippen LogP contribution < -0.4 is 5.32 Å². The molecule has 1 fully saturated rings. The Morgan fingerprint density at radius 3 is 2.48 bits per heavy atom. The molecule has 1 N–H and O–H groups in total. The second-order valence-electron chi connectivity index (χ2n) is 6.31. The molecule has 0 bridgehead atoms. The number of carbonyl (C=O) groups is 2. The van der Waals surface area contributed by atoms with Crippen molar-refractivity contribution in [3.63, 3.8) is 0 Å². The molecule has 2 aromatic rings. The molecule has 5 nitrogen and oxygen atoms in total. The van der Waals surface area contributed by atoms with E-state index in [4.69, 9.17) is 0 Å². The molecule has 2 heterocycles. The monoisotopic (exact) mass is 377 g/mol. The van der Waals surface area contributed by atoms with Gasteiger partial charge in [0.05, 0.1) is 11.6 Å². The topological polar surface area (TPSA) is 62.3 Å². The van der Waals surface area contributed by atoms with Gasteiger partial charge >= 0.3 is 6.18 Å². The molecular weight excluding hydrogens is 359 g/mol. The number of halogens is 3. The third kappa shape index (κ3) is 4.64. The first-order chi connectivity index (χ1) is 12.8. The number of amides is 2. The van der Waals surface area contributed by atoms with E-state index in [2.05, 4.69) is 10.3 Å². The summed E-state index contributed by atoms with van der Waals surface area (Å²) in [5, 5.41) is 2.80. The molecule has 1 aromatic carbocycles. The van der Waals surface area contributed by atoms with Crippen LogP contribution in [0.25, 0.3) is 0 Å². The molecule has 1 aromatic heterocycles. The summed E-state index contributed by atoms with van der Waals surface area (Å²) in [6.07, 6.45) is -2.39. The summed E-state index contributed by atoms with van der Waals surface area (Å²) in [6.45, 7) is 0.933. The number of likely N-dealkylation sites (tertiary alicyclic amines) is 1. The summed E-state index contributed by atoms with van der Waals surface area (Å²) in [4.78, 5) is 29.4. The molecule has 8 heteroatoms. The summed E-state index contributed by atoms with van der Waals surface area (Å²) in [6, 6.07) is 10.5. The average molecular weight is 377 g/mol. The molecule has 0 spiro atoms. The van der Waals surface area contributed by atoms with Gasteiger partial charge in [-0.05, 0) is 24.1 Å². The molecule has 1 saturated heterocycles. The fraction of sp³-hybridized carbons (Fsp3) is 0.316. The van der Waals surface area contributed by atoms with E-state index in [-0.39, 0.29) is 11.5 Å².